The molecule has 1 heterocycles. The Labute approximate surface area is 157 Å². The van der Waals surface area contributed by atoms with Crippen LogP contribution in [0.1, 0.15) is 31.9 Å². The molecule has 1 aromatic rings. The number of amides is 2. The lowest BCUT2D eigenvalue weighted by atomic mass is 10.0. The summed E-state index contributed by atoms with van der Waals surface area (Å²) in [5.74, 6) is 0. The number of aliphatic hydroxyl groups is 1. The fourth-order valence-corrected chi connectivity index (χ4v) is 3.21. The molecule has 0 aromatic heterocycles. The molecule has 2 N–H and O–H groups in total. The highest BCUT2D eigenvalue weighted by Gasteiger charge is 2.29. The van der Waals surface area contributed by atoms with E-state index >= 15 is 0 Å². The topological polar surface area (TPSA) is 59.0 Å². The molecule has 0 spiro atoms. The van der Waals surface area contributed by atoms with Gasteiger partial charge in [0.15, 0.2) is 0 Å². The molecule has 1 unspecified atom stereocenters. The molecular formula is C20H34N4O2. The van der Waals surface area contributed by atoms with Gasteiger partial charge in [0.25, 0.3) is 0 Å². The van der Waals surface area contributed by atoms with Gasteiger partial charge in [-0.25, -0.2) is 4.79 Å². The molecule has 0 bridgehead atoms. The average Bonchev–Trinajstić information content (AvgIpc) is 2.65. The van der Waals surface area contributed by atoms with Gasteiger partial charge in [-0.05, 0) is 32.9 Å². The highest BCUT2D eigenvalue weighted by molar-refractivity contribution is 5.73. The summed E-state index contributed by atoms with van der Waals surface area (Å²) < 4.78 is 0. The Morgan fingerprint density at radius 3 is 2.46 bits per heavy atom. The Balaban J connectivity index is 1.74. The summed E-state index contributed by atoms with van der Waals surface area (Å²) in [7, 11) is 3.92. The molecule has 0 aliphatic carbocycles. The Kier molecular flexibility index (Phi) is 7.43. The van der Waals surface area contributed by atoms with Crippen molar-refractivity contribution >= 4 is 6.03 Å². The lowest BCUT2D eigenvalue weighted by molar-refractivity contribution is 0.0623. The SMILES string of the molecule is CN1CCN(C(C)(C)CNC(=O)N(C)CCC(O)c2ccccc2)CC1. The first-order chi connectivity index (χ1) is 12.3. The van der Waals surface area contributed by atoms with Crippen LogP contribution < -0.4 is 5.32 Å². The molecule has 1 saturated heterocycles. The molecule has 0 radical (unpaired) electrons. The summed E-state index contributed by atoms with van der Waals surface area (Å²) in [6.45, 7) is 9.66. The van der Waals surface area contributed by atoms with Crippen molar-refractivity contribution in [3.05, 3.63) is 35.9 Å². The minimum Gasteiger partial charge on any atom is -0.388 e. The molecule has 0 saturated carbocycles. The minimum atomic E-state index is -0.548. The Bertz CT molecular complexity index is 556. The number of hydrogen-bond donors (Lipinski definition) is 2. The summed E-state index contributed by atoms with van der Waals surface area (Å²) in [6.07, 6.45) is -0.0243. The summed E-state index contributed by atoms with van der Waals surface area (Å²) in [4.78, 5) is 18.8. The third-order valence-corrected chi connectivity index (χ3v) is 5.30. The normalized spacial score (nSPS) is 17.7. The number of benzene rings is 1. The lowest BCUT2D eigenvalue weighted by Gasteiger charge is -2.43. The fourth-order valence-electron chi connectivity index (χ4n) is 3.21. The van der Waals surface area contributed by atoms with Gasteiger partial charge in [0.2, 0.25) is 0 Å². The number of nitrogens with zero attached hydrogens (tertiary/aromatic N) is 3. The number of rotatable bonds is 7. The summed E-state index contributed by atoms with van der Waals surface area (Å²) >= 11 is 0. The van der Waals surface area contributed by atoms with E-state index < -0.39 is 6.10 Å². The van der Waals surface area contributed by atoms with Gasteiger partial charge in [0.1, 0.15) is 0 Å². The highest BCUT2D eigenvalue weighted by Crippen LogP contribution is 2.17. The van der Waals surface area contributed by atoms with E-state index in [1.807, 2.05) is 30.3 Å². The van der Waals surface area contributed by atoms with E-state index in [1.54, 1.807) is 11.9 Å². The predicted octanol–water partition coefficient (Wildman–Crippen LogP) is 1.78. The first-order valence-corrected chi connectivity index (χ1v) is 9.45. The monoisotopic (exact) mass is 362 g/mol. The molecule has 2 rings (SSSR count). The van der Waals surface area contributed by atoms with Crippen LogP contribution in [0.15, 0.2) is 30.3 Å². The minimum absolute atomic E-state index is 0.0681. The lowest BCUT2D eigenvalue weighted by Crippen LogP contribution is -2.58. The summed E-state index contributed by atoms with van der Waals surface area (Å²) in [5, 5.41) is 13.3. The zero-order valence-electron chi connectivity index (χ0n) is 16.6. The molecule has 1 aromatic carbocycles. The van der Waals surface area contributed by atoms with E-state index in [9.17, 15) is 9.90 Å². The van der Waals surface area contributed by atoms with Crippen molar-refractivity contribution in [3.63, 3.8) is 0 Å². The van der Waals surface area contributed by atoms with E-state index in [4.69, 9.17) is 0 Å². The quantitative estimate of drug-likeness (QED) is 0.776. The van der Waals surface area contributed by atoms with Gasteiger partial charge in [-0.2, -0.15) is 0 Å². The average molecular weight is 363 g/mol. The Morgan fingerprint density at radius 1 is 1.23 bits per heavy atom. The fraction of sp³-hybridized carbons (Fsp3) is 0.650. The maximum absolute atomic E-state index is 12.4. The second kappa shape index (κ2) is 9.35. The van der Waals surface area contributed by atoms with Crippen molar-refractivity contribution in [1.29, 1.82) is 0 Å². The highest BCUT2D eigenvalue weighted by atomic mass is 16.3. The van der Waals surface area contributed by atoms with Crippen molar-refractivity contribution in [2.24, 2.45) is 0 Å². The summed E-state index contributed by atoms with van der Waals surface area (Å²) in [5.41, 5.74) is 0.818. The van der Waals surface area contributed by atoms with Crippen LogP contribution in [0.5, 0.6) is 0 Å². The Hall–Kier alpha value is -1.63. The number of likely N-dealkylation sites (N-methyl/N-ethyl adjacent to an activating group) is 1. The van der Waals surface area contributed by atoms with E-state index in [1.165, 1.54) is 0 Å². The van der Waals surface area contributed by atoms with Crippen LogP contribution in [0.3, 0.4) is 0 Å². The molecule has 1 aliphatic heterocycles. The number of carbonyl (C=O) groups excluding carboxylic acids is 1. The van der Waals surface area contributed by atoms with Crippen molar-refractivity contribution < 1.29 is 9.90 Å². The molecule has 146 valence electrons. The second-order valence-electron chi connectivity index (χ2n) is 7.90. The van der Waals surface area contributed by atoms with Gasteiger partial charge in [-0.1, -0.05) is 30.3 Å². The van der Waals surface area contributed by atoms with Crippen LogP contribution >= 0.6 is 0 Å². The Morgan fingerprint density at radius 2 is 1.85 bits per heavy atom. The number of urea groups is 1. The number of carbonyl (C=O) groups is 1. The first kappa shape index (κ1) is 20.7. The van der Waals surface area contributed by atoms with Crippen molar-refractivity contribution in [3.8, 4) is 0 Å². The van der Waals surface area contributed by atoms with Crippen molar-refractivity contribution in [2.45, 2.75) is 31.9 Å². The van der Waals surface area contributed by atoms with Crippen LogP contribution in [0.25, 0.3) is 0 Å². The van der Waals surface area contributed by atoms with Gasteiger partial charge in [-0.15, -0.1) is 0 Å². The standard InChI is InChI=1S/C20H34N4O2/c1-20(2,24-14-12-22(3)13-15-24)16-21-19(26)23(4)11-10-18(25)17-8-6-5-7-9-17/h5-9,18,25H,10-16H2,1-4H3,(H,21,26). The number of piperazine rings is 1. The molecule has 2 amide bonds. The predicted molar refractivity (Wildman–Crippen MR) is 105 cm³/mol. The van der Waals surface area contributed by atoms with E-state index in [2.05, 4.69) is 36.0 Å². The van der Waals surface area contributed by atoms with Gasteiger partial charge >= 0.3 is 6.03 Å². The third-order valence-electron chi connectivity index (χ3n) is 5.30. The van der Waals surface area contributed by atoms with Crippen molar-refractivity contribution in [1.82, 2.24) is 20.0 Å². The van der Waals surface area contributed by atoms with Gasteiger partial charge in [0, 0.05) is 51.9 Å². The maximum atomic E-state index is 12.4. The van der Waals surface area contributed by atoms with E-state index in [0.717, 1.165) is 31.7 Å². The molecule has 26 heavy (non-hydrogen) atoms. The molecule has 1 atom stereocenters. The van der Waals surface area contributed by atoms with Crippen molar-refractivity contribution in [2.75, 3.05) is 53.4 Å². The number of hydrogen-bond acceptors (Lipinski definition) is 4. The molecule has 6 nitrogen and oxygen atoms in total. The van der Waals surface area contributed by atoms with Crippen LogP contribution in [-0.2, 0) is 0 Å². The molecular weight excluding hydrogens is 328 g/mol. The smallest absolute Gasteiger partial charge is 0.317 e. The van der Waals surface area contributed by atoms with Gasteiger partial charge in [0.05, 0.1) is 6.10 Å². The van der Waals surface area contributed by atoms with Crippen LogP contribution in [-0.4, -0.2) is 84.7 Å². The van der Waals surface area contributed by atoms with E-state index in [-0.39, 0.29) is 11.6 Å². The van der Waals surface area contributed by atoms with Crippen LogP contribution in [0.2, 0.25) is 0 Å². The van der Waals surface area contributed by atoms with Crippen LogP contribution in [0, 0.1) is 0 Å². The summed E-state index contributed by atoms with van der Waals surface area (Å²) in [6, 6.07) is 9.47. The molecule has 1 fully saturated rings. The molecule has 1 aliphatic rings. The van der Waals surface area contributed by atoms with Gasteiger partial charge < -0.3 is 20.2 Å². The third kappa shape index (κ3) is 5.97. The molecule has 6 heteroatoms. The zero-order chi connectivity index (χ0) is 19.2. The van der Waals surface area contributed by atoms with Gasteiger partial charge in [-0.3, -0.25) is 4.90 Å². The van der Waals surface area contributed by atoms with Crippen LogP contribution in [0.4, 0.5) is 4.79 Å². The number of nitrogens with one attached hydrogen (secondary N) is 1. The first-order valence-electron chi connectivity index (χ1n) is 9.45. The second-order valence-corrected chi connectivity index (χ2v) is 7.90. The largest absolute Gasteiger partial charge is 0.388 e. The maximum Gasteiger partial charge on any atom is 0.317 e. The van der Waals surface area contributed by atoms with E-state index in [0.29, 0.717) is 19.5 Å². The zero-order valence-corrected chi connectivity index (χ0v) is 16.6. The number of aliphatic hydroxyl groups excluding tert-OH is 1.